The molecule has 0 saturated carbocycles. The summed E-state index contributed by atoms with van der Waals surface area (Å²) in [6.45, 7) is 5.12. The van der Waals surface area contributed by atoms with Crippen LogP contribution in [0.3, 0.4) is 0 Å². The number of hydrogen-bond acceptors (Lipinski definition) is 7. The van der Waals surface area contributed by atoms with Crippen LogP contribution in [0.5, 0.6) is 0 Å². The number of unbranched alkanes of at least 4 members (excludes halogenated alkanes) is 14. The molecule has 240 valence electrons. The van der Waals surface area contributed by atoms with Crippen molar-refractivity contribution >= 4 is 18.0 Å². The van der Waals surface area contributed by atoms with Crippen molar-refractivity contribution in [3.63, 3.8) is 0 Å². The molecule has 0 aromatic heterocycles. The summed E-state index contributed by atoms with van der Waals surface area (Å²) in [5.74, 6) is -1.36. The number of carbonyl (C=O) groups excluding carboxylic acids is 3. The second kappa shape index (κ2) is 24.9. The van der Waals surface area contributed by atoms with Gasteiger partial charge in [-0.1, -0.05) is 141 Å². The van der Waals surface area contributed by atoms with Gasteiger partial charge in [0, 0.05) is 6.42 Å². The van der Waals surface area contributed by atoms with Crippen molar-refractivity contribution in [2.45, 2.75) is 142 Å². The molecule has 42 heavy (non-hydrogen) atoms. The summed E-state index contributed by atoms with van der Waals surface area (Å²) in [7, 11) is 0. The molecule has 0 fully saturated rings. The molecule has 0 radical (unpaired) electrons. The molecule has 0 aliphatic rings. The molecule has 0 heterocycles. The van der Waals surface area contributed by atoms with Gasteiger partial charge in [0.25, 0.3) is 0 Å². The number of rotatable bonds is 25. The molecule has 8 nitrogen and oxygen atoms in total. The fourth-order valence-electron chi connectivity index (χ4n) is 4.66. The molecule has 0 unspecified atom stereocenters. The summed E-state index contributed by atoms with van der Waals surface area (Å²) >= 11 is 0. The lowest BCUT2D eigenvalue weighted by Crippen LogP contribution is -2.46. The predicted molar refractivity (Wildman–Crippen MR) is 166 cm³/mol. The number of esters is 2. The first-order valence-electron chi connectivity index (χ1n) is 16.3. The molecule has 1 aromatic rings. The van der Waals surface area contributed by atoms with Gasteiger partial charge in [-0.2, -0.15) is 0 Å². The van der Waals surface area contributed by atoms with Gasteiger partial charge in [0.2, 0.25) is 0 Å². The van der Waals surface area contributed by atoms with Gasteiger partial charge in [0.15, 0.2) is 6.10 Å². The minimum atomic E-state index is -0.948. The molecule has 1 aromatic carbocycles. The standard InChI is InChI=1S/C34H57NO7/c1-4-5-6-7-8-9-10-11-12-13-14-15-16-17-21-24-31(37)42-30(25-36)27-40-33(38)32(28(2)3)35-34(39)41-26-29-22-19-18-20-23-29/h18-20,22-23,28,30,32,36H,4-17,21,24-27H2,1-3H3,(H,35,39)/t30-,32-/m1/s1. The first-order valence-corrected chi connectivity index (χ1v) is 16.3. The van der Waals surface area contributed by atoms with Crippen LogP contribution in [0.25, 0.3) is 0 Å². The van der Waals surface area contributed by atoms with Crippen molar-refractivity contribution < 1.29 is 33.7 Å². The number of hydrogen-bond donors (Lipinski definition) is 2. The van der Waals surface area contributed by atoms with Gasteiger partial charge in [-0.3, -0.25) is 4.79 Å². The third-order valence-electron chi connectivity index (χ3n) is 7.30. The Hall–Kier alpha value is -2.61. The highest BCUT2D eigenvalue weighted by Gasteiger charge is 2.27. The first kappa shape index (κ1) is 37.4. The number of carbonyl (C=O) groups is 3. The maximum absolute atomic E-state index is 12.6. The molecule has 2 N–H and O–H groups in total. The average molecular weight is 592 g/mol. The van der Waals surface area contributed by atoms with E-state index in [-0.39, 0.29) is 25.6 Å². The lowest BCUT2D eigenvalue weighted by Gasteiger charge is -2.22. The van der Waals surface area contributed by atoms with E-state index in [1.807, 2.05) is 30.3 Å². The first-order chi connectivity index (χ1) is 20.4. The Balaban J connectivity index is 2.14. The number of benzene rings is 1. The van der Waals surface area contributed by atoms with Gasteiger partial charge in [-0.25, -0.2) is 9.59 Å². The van der Waals surface area contributed by atoms with Crippen LogP contribution in [0.15, 0.2) is 30.3 Å². The lowest BCUT2D eigenvalue weighted by molar-refractivity contribution is -0.163. The van der Waals surface area contributed by atoms with E-state index < -0.39 is 36.8 Å². The summed E-state index contributed by atoms with van der Waals surface area (Å²) < 4.78 is 15.8. The van der Waals surface area contributed by atoms with E-state index in [9.17, 15) is 19.5 Å². The highest BCUT2D eigenvalue weighted by Crippen LogP contribution is 2.14. The van der Waals surface area contributed by atoms with Gasteiger partial charge in [0.1, 0.15) is 19.3 Å². The van der Waals surface area contributed by atoms with Gasteiger partial charge in [0.05, 0.1) is 6.61 Å². The van der Waals surface area contributed by atoms with Crippen molar-refractivity contribution in [2.75, 3.05) is 13.2 Å². The smallest absolute Gasteiger partial charge is 0.408 e. The number of amides is 1. The van der Waals surface area contributed by atoms with Crippen molar-refractivity contribution in [3.8, 4) is 0 Å². The molecule has 2 atom stereocenters. The molecule has 0 bridgehead atoms. The number of alkyl carbamates (subject to hydrolysis) is 1. The van der Waals surface area contributed by atoms with Gasteiger partial charge in [-0.05, 0) is 17.9 Å². The Labute approximate surface area is 254 Å². The summed E-state index contributed by atoms with van der Waals surface area (Å²) in [4.78, 5) is 37.0. The third-order valence-corrected chi connectivity index (χ3v) is 7.30. The van der Waals surface area contributed by atoms with Crippen LogP contribution in [0.4, 0.5) is 4.79 Å². The Morgan fingerprint density at radius 1 is 0.762 bits per heavy atom. The van der Waals surface area contributed by atoms with Crippen LogP contribution in [-0.2, 0) is 30.4 Å². The Kier molecular flexibility index (Phi) is 22.2. The quantitative estimate of drug-likeness (QED) is 0.0682. The van der Waals surface area contributed by atoms with E-state index in [4.69, 9.17) is 14.2 Å². The monoisotopic (exact) mass is 591 g/mol. The number of aliphatic hydroxyl groups excluding tert-OH is 1. The molecule has 0 saturated heterocycles. The number of ether oxygens (including phenoxy) is 3. The van der Waals surface area contributed by atoms with Crippen LogP contribution in [0, 0.1) is 5.92 Å². The van der Waals surface area contributed by atoms with Gasteiger partial charge in [-0.15, -0.1) is 0 Å². The molecule has 0 aliphatic carbocycles. The van der Waals surface area contributed by atoms with Crippen LogP contribution >= 0.6 is 0 Å². The zero-order valence-electron chi connectivity index (χ0n) is 26.5. The molecule has 0 aliphatic heterocycles. The maximum Gasteiger partial charge on any atom is 0.408 e. The fourth-order valence-corrected chi connectivity index (χ4v) is 4.66. The second-order valence-electron chi connectivity index (χ2n) is 11.6. The minimum absolute atomic E-state index is 0.0778. The van der Waals surface area contributed by atoms with Crippen LogP contribution in [-0.4, -0.2) is 48.5 Å². The minimum Gasteiger partial charge on any atom is -0.460 e. The zero-order chi connectivity index (χ0) is 30.8. The largest absolute Gasteiger partial charge is 0.460 e. The normalized spacial score (nSPS) is 12.5. The molecular weight excluding hydrogens is 534 g/mol. The second-order valence-corrected chi connectivity index (χ2v) is 11.6. The predicted octanol–water partition coefficient (Wildman–Crippen LogP) is 7.65. The molecule has 1 rings (SSSR count). The third kappa shape index (κ3) is 19.5. The van der Waals surface area contributed by atoms with Crippen molar-refractivity contribution in [3.05, 3.63) is 35.9 Å². The molecular formula is C34H57NO7. The Bertz CT molecular complexity index is 830. The number of aliphatic hydroxyl groups is 1. The van der Waals surface area contributed by atoms with Crippen LogP contribution in [0.1, 0.15) is 129 Å². The SMILES string of the molecule is CCCCCCCCCCCCCCCCCC(=O)O[C@H](CO)COC(=O)[C@H](NC(=O)OCc1ccccc1)C(C)C. The van der Waals surface area contributed by atoms with Gasteiger partial charge < -0.3 is 24.6 Å². The highest BCUT2D eigenvalue weighted by atomic mass is 16.6. The average Bonchev–Trinajstić information content (AvgIpc) is 2.99. The summed E-state index contributed by atoms with van der Waals surface area (Å²) in [6.07, 6.45) is 17.4. The van der Waals surface area contributed by atoms with E-state index in [1.165, 1.54) is 77.0 Å². The van der Waals surface area contributed by atoms with E-state index in [0.717, 1.165) is 24.8 Å². The zero-order valence-corrected chi connectivity index (χ0v) is 26.5. The van der Waals surface area contributed by atoms with E-state index in [1.54, 1.807) is 13.8 Å². The summed E-state index contributed by atoms with van der Waals surface area (Å²) in [5.41, 5.74) is 0.827. The van der Waals surface area contributed by atoms with E-state index in [0.29, 0.717) is 0 Å². The summed E-state index contributed by atoms with van der Waals surface area (Å²) in [6, 6.07) is 8.27. The van der Waals surface area contributed by atoms with E-state index >= 15 is 0 Å². The van der Waals surface area contributed by atoms with Crippen molar-refractivity contribution in [1.82, 2.24) is 5.32 Å². The maximum atomic E-state index is 12.6. The molecule has 1 amide bonds. The highest BCUT2D eigenvalue weighted by molar-refractivity contribution is 5.81. The van der Waals surface area contributed by atoms with Crippen molar-refractivity contribution in [1.29, 1.82) is 0 Å². The summed E-state index contributed by atoms with van der Waals surface area (Å²) in [5, 5.41) is 12.1. The van der Waals surface area contributed by atoms with Crippen LogP contribution in [0.2, 0.25) is 0 Å². The molecule has 0 spiro atoms. The topological polar surface area (TPSA) is 111 Å². The van der Waals surface area contributed by atoms with Crippen LogP contribution < -0.4 is 5.32 Å². The Morgan fingerprint density at radius 2 is 1.29 bits per heavy atom. The van der Waals surface area contributed by atoms with Gasteiger partial charge >= 0.3 is 18.0 Å². The van der Waals surface area contributed by atoms with Crippen molar-refractivity contribution in [2.24, 2.45) is 5.92 Å². The Morgan fingerprint density at radius 3 is 1.79 bits per heavy atom. The molecule has 8 heteroatoms. The lowest BCUT2D eigenvalue weighted by atomic mass is 10.0. The number of nitrogens with one attached hydrogen (secondary N) is 1. The van der Waals surface area contributed by atoms with E-state index in [2.05, 4.69) is 12.2 Å². The fraction of sp³-hybridized carbons (Fsp3) is 0.735.